The Morgan fingerprint density at radius 1 is 0.725 bits per heavy atom. The smallest absolute Gasteiger partial charge is 0.204 e. The molecule has 0 fully saturated rings. The van der Waals surface area contributed by atoms with E-state index in [0.717, 1.165) is 12.0 Å². The number of hydrogen-bond donors (Lipinski definition) is 1. The van der Waals surface area contributed by atoms with Crippen LogP contribution in [0, 0.1) is 23.3 Å². The SMILES string of the molecule is C=CCCOc1ccc(OCc2ccc(-c3ccc(-c4ccc(C(O)CCC)cc4)c(F)c3F)cc2)c(F)c1F. The van der Waals surface area contributed by atoms with Gasteiger partial charge in [-0.2, -0.15) is 8.78 Å². The molecule has 4 rings (SSSR count). The van der Waals surface area contributed by atoms with E-state index in [4.69, 9.17) is 9.47 Å². The summed E-state index contributed by atoms with van der Waals surface area (Å²) in [6, 6.07) is 18.9. The van der Waals surface area contributed by atoms with E-state index in [-0.39, 0.29) is 35.8 Å². The van der Waals surface area contributed by atoms with E-state index in [1.54, 1.807) is 54.6 Å². The average molecular weight is 551 g/mol. The Labute approximate surface area is 231 Å². The molecule has 0 heterocycles. The molecule has 0 aliphatic heterocycles. The van der Waals surface area contributed by atoms with Gasteiger partial charge in [0, 0.05) is 11.1 Å². The first kappa shape index (κ1) is 28.9. The molecule has 0 bridgehead atoms. The van der Waals surface area contributed by atoms with Crippen molar-refractivity contribution in [1.82, 2.24) is 0 Å². The molecule has 4 aromatic rings. The van der Waals surface area contributed by atoms with Gasteiger partial charge in [0.05, 0.1) is 12.7 Å². The molecule has 3 nitrogen and oxygen atoms in total. The summed E-state index contributed by atoms with van der Waals surface area (Å²) < 4.78 is 69.4. The Kier molecular flexibility index (Phi) is 9.61. The van der Waals surface area contributed by atoms with Crippen LogP contribution in [-0.4, -0.2) is 11.7 Å². The van der Waals surface area contributed by atoms with E-state index in [0.29, 0.717) is 29.5 Å². The highest BCUT2D eigenvalue weighted by molar-refractivity contribution is 5.72. The summed E-state index contributed by atoms with van der Waals surface area (Å²) in [5.41, 5.74) is 2.51. The lowest BCUT2D eigenvalue weighted by molar-refractivity contribution is 0.166. The van der Waals surface area contributed by atoms with Gasteiger partial charge >= 0.3 is 0 Å². The van der Waals surface area contributed by atoms with Crippen LogP contribution < -0.4 is 9.47 Å². The van der Waals surface area contributed by atoms with Crippen LogP contribution in [0.5, 0.6) is 11.5 Å². The topological polar surface area (TPSA) is 38.7 Å². The quantitative estimate of drug-likeness (QED) is 0.109. The molecule has 0 saturated carbocycles. The summed E-state index contributed by atoms with van der Waals surface area (Å²) in [4.78, 5) is 0. The first-order chi connectivity index (χ1) is 19.3. The Hall–Kier alpha value is -4.10. The molecule has 1 unspecified atom stereocenters. The van der Waals surface area contributed by atoms with Crippen LogP contribution in [-0.2, 0) is 6.61 Å². The van der Waals surface area contributed by atoms with Gasteiger partial charge in [0.15, 0.2) is 23.1 Å². The minimum Gasteiger partial charge on any atom is -0.490 e. The fourth-order valence-corrected chi connectivity index (χ4v) is 4.25. The zero-order valence-corrected chi connectivity index (χ0v) is 22.1. The number of aliphatic hydroxyl groups is 1. The Bertz CT molecular complexity index is 1450. The minimum absolute atomic E-state index is 0.0635. The molecule has 0 aromatic heterocycles. The number of halogens is 4. The first-order valence-electron chi connectivity index (χ1n) is 13.0. The molecule has 0 aliphatic carbocycles. The fourth-order valence-electron chi connectivity index (χ4n) is 4.25. The third-order valence-corrected chi connectivity index (χ3v) is 6.50. The van der Waals surface area contributed by atoms with Crippen molar-refractivity contribution in [2.75, 3.05) is 6.61 Å². The van der Waals surface area contributed by atoms with Crippen LogP contribution in [0.15, 0.2) is 85.5 Å². The third-order valence-electron chi connectivity index (χ3n) is 6.50. The summed E-state index contributed by atoms with van der Waals surface area (Å²) in [6.45, 7) is 5.64. The van der Waals surface area contributed by atoms with Gasteiger partial charge in [0.25, 0.3) is 0 Å². The summed E-state index contributed by atoms with van der Waals surface area (Å²) >= 11 is 0. The second kappa shape index (κ2) is 13.3. The lowest BCUT2D eigenvalue weighted by Crippen LogP contribution is -2.03. The highest BCUT2D eigenvalue weighted by Crippen LogP contribution is 2.33. The molecule has 40 heavy (non-hydrogen) atoms. The van der Waals surface area contributed by atoms with Crippen LogP contribution in [0.3, 0.4) is 0 Å². The molecule has 1 N–H and O–H groups in total. The Balaban J connectivity index is 1.45. The summed E-state index contributed by atoms with van der Waals surface area (Å²) in [7, 11) is 0. The van der Waals surface area contributed by atoms with Gasteiger partial charge in [-0.1, -0.05) is 80.1 Å². The highest BCUT2D eigenvalue weighted by atomic mass is 19.2. The van der Waals surface area contributed by atoms with Crippen LogP contribution in [0.1, 0.15) is 43.4 Å². The normalized spacial score (nSPS) is 11.8. The maximum atomic E-state index is 15.1. The van der Waals surface area contributed by atoms with Crippen molar-refractivity contribution in [1.29, 1.82) is 0 Å². The van der Waals surface area contributed by atoms with Crippen molar-refractivity contribution in [3.05, 3.63) is 120 Å². The van der Waals surface area contributed by atoms with Crippen LogP contribution in [0.2, 0.25) is 0 Å². The molecule has 0 spiro atoms. The van der Waals surface area contributed by atoms with Crippen molar-refractivity contribution in [2.45, 2.75) is 38.9 Å². The van der Waals surface area contributed by atoms with E-state index in [9.17, 15) is 13.9 Å². The van der Waals surface area contributed by atoms with Crippen LogP contribution in [0.4, 0.5) is 17.6 Å². The average Bonchev–Trinajstić information content (AvgIpc) is 2.97. The number of rotatable bonds is 12. The van der Waals surface area contributed by atoms with Gasteiger partial charge < -0.3 is 14.6 Å². The fraction of sp³-hybridized carbons (Fsp3) is 0.212. The van der Waals surface area contributed by atoms with Gasteiger partial charge in [-0.15, -0.1) is 6.58 Å². The van der Waals surface area contributed by atoms with E-state index < -0.39 is 29.4 Å². The van der Waals surface area contributed by atoms with Crippen molar-refractivity contribution in [3.63, 3.8) is 0 Å². The summed E-state index contributed by atoms with van der Waals surface area (Å²) in [6.07, 6.45) is 2.96. The zero-order valence-electron chi connectivity index (χ0n) is 22.1. The van der Waals surface area contributed by atoms with Crippen LogP contribution >= 0.6 is 0 Å². The van der Waals surface area contributed by atoms with E-state index in [2.05, 4.69) is 6.58 Å². The molecule has 4 aromatic carbocycles. The minimum atomic E-state index is -1.16. The molecular formula is C33H30F4O3. The van der Waals surface area contributed by atoms with Crippen LogP contribution in [0.25, 0.3) is 22.3 Å². The maximum Gasteiger partial charge on any atom is 0.204 e. The zero-order chi connectivity index (χ0) is 28.6. The highest BCUT2D eigenvalue weighted by Gasteiger charge is 2.18. The molecule has 1 atom stereocenters. The molecule has 208 valence electrons. The standard InChI is InChI=1S/C33H30F4O3/c1-3-5-19-39-28-17-18-29(33(37)32(28)36)40-20-21-7-9-22(10-8-21)25-15-16-26(31(35)30(25)34)23-11-13-24(14-12-23)27(38)6-4-2/h3,7-18,27,38H,1,4-6,19-20H2,2H3. The molecule has 0 radical (unpaired) electrons. The van der Waals surface area contributed by atoms with Gasteiger partial charge in [-0.05, 0) is 47.2 Å². The second-order valence-corrected chi connectivity index (χ2v) is 9.32. The van der Waals surface area contributed by atoms with Crippen molar-refractivity contribution in [2.24, 2.45) is 0 Å². The van der Waals surface area contributed by atoms with E-state index >= 15 is 8.78 Å². The van der Waals surface area contributed by atoms with Crippen molar-refractivity contribution in [3.8, 4) is 33.8 Å². The molecule has 0 amide bonds. The van der Waals surface area contributed by atoms with Crippen molar-refractivity contribution >= 4 is 0 Å². The van der Waals surface area contributed by atoms with Gasteiger partial charge in [-0.3, -0.25) is 0 Å². The van der Waals surface area contributed by atoms with E-state index in [1.807, 2.05) is 6.92 Å². The lowest BCUT2D eigenvalue weighted by atomic mass is 9.96. The number of hydrogen-bond acceptors (Lipinski definition) is 3. The van der Waals surface area contributed by atoms with Gasteiger partial charge in [0.2, 0.25) is 11.6 Å². The summed E-state index contributed by atoms with van der Waals surface area (Å²) in [5, 5.41) is 10.1. The Morgan fingerprint density at radius 2 is 1.25 bits per heavy atom. The maximum absolute atomic E-state index is 15.1. The number of benzene rings is 4. The lowest BCUT2D eigenvalue weighted by Gasteiger charge is -2.13. The Morgan fingerprint density at radius 3 is 1.77 bits per heavy atom. The predicted molar refractivity (Wildman–Crippen MR) is 148 cm³/mol. The molecule has 0 saturated heterocycles. The predicted octanol–water partition coefficient (Wildman–Crippen LogP) is 8.94. The largest absolute Gasteiger partial charge is 0.490 e. The van der Waals surface area contributed by atoms with E-state index in [1.165, 1.54) is 24.3 Å². The monoisotopic (exact) mass is 550 g/mol. The van der Waals surface area contributed by atoms with Gasteiger partial charge in [0.1, 0.15) is 6.61 Å². The molecule has 0 aliphatic rings. The third kappa shape index (κ3) is 6.54. The first-order valence-corrected chi connectivity index (χ1v) is 13.0. The number of aliphatic hydroxyl groups excluding tert-OH is 1. The molecule has 7 heteroatoms. The second-order valence-electron chi connectivity index (χ2n) is 9.32. The molecular weight excluding hydrogens is 520 g/mol. The van der Waals surface area contributed by atoms with Gasteiger partial charge in [-0.25, -0.2) is 8.78 Å². The number of ether oxygens (including phenoxy) is 2. The van der Waals surface area contributed by atoms with Crippen molar-refractivity contribution < 1.29 is 32.1 Å². The summed E-state index contributed by atoms with van der Waals surface area (Å²) in [5.74, 6) is -4.72.